The summed E-state index contributed by atoms with van der Waals surface area (Å²) in [6.07, 6.45) is 13.2. The summed E-state index contributed by atoms with van der Waals surface area (Å²) in [4.78, 5) is 12.7. The van der Waals surface area contributed by atoms with E-state index in [1.165, 1.54) is 25.7 Å². The largest absolute Gasteiger partial charge is 0.319 e. The molecule has 0 aromatic carbocycles. The maximum Gasteiger partial charge on any atom is 0.178 e. The molecule has 0 radical (unpaired) electrons. The number of hydrogen-bond donors (Lipinski definition) is 1. The minimum atomic E-state index is -0.553. The molecule has 2 atom stereocenters. The van der Waals surface area contributed by atoms with Crippen LogP contribution in [0.25, 0.3) is 0 Å². The maximum absolute atomic E-state index is 12.7. The molecule has 0 aliphatic heterocycles. The van der Waals surface area contributed by atoms with Crippen LogP contribution in [0.4, 0.5) is 0 Å². The molecule has 2 rings (SSSR count). The van der Waals surface area contributed by atoms with Crippen molar-refractivity contribution in [3.05, 3.63) is 11.6 Å². The highest BCUT2D eigenvalue weighted by Gasteiger charge is 2.38. The minimum absolute atomic E-state index is 0.260. The lowest BCUT2D eigenvalue weighted by Crippen LogP contribution is -2.51. The number of allylic oxidation sites excluding steroid dienone is 1. The molecule has 0 saturated heterocycles. The Kier molecular flexibility index (Phi) is 4.60. The van der Waals surface area contributed by atoms with Gasteiger partial charge in [-0.05, 0) is 50.0 Å². The number of Topliss-reactive ketones (excluding diaryl/α,β-unsaturated/α-hetero) is 1. The van der Waals surface area contributed by atoms with Crippen molar-refractivity contribution in [2.45, 2.75) is 76.7 Å². The SMILES string of the molecule is CC1CCCC(N)(C(=O)C2=CCCCCCC2)C1. The fourth-order valence-corrected chi connectivity index (χ4v) is 3.52. The van der Waals surface area contributed by atoms with Crippen LogP contribution < -0.4 is 5.73 Å². The summed E-state index contributed by atoms with van der Waals surface area (Å²) in [5.41, 5.74) is 6.90. The van der Waals surface area contributed by atoms with E-state index in [0.29, 0.717) is 5.92 Å². The van der Waals surface area contributed by atoms with Crippen molar-refractivity contribution >= 4 is 5.78 Å². The molecule has 2 unspecified atom stereocenters. The first-order chi connectivity index (χ1) is 8.62. The molecule has 1 saturated carbocycles. The predicted molar refractivity (Wildman–Crippen MR) is 75.3 cm³/mol. The molecular formula is C16H27NO. The van der Waals surface area contributed by atoms with Crippen LogP contribution in [0.2, 0.25) is 0 Å². The molecule has 0 spiro atoms. The zero-order chi connectivity index (χ0) is 13.0. The van der Waals surface area contributed by atoms with Crippen molar-refractivity contribution in [1.29, 1.82) is 0 Å². The zero-order valence-corrected chi connectivity index (χ0v) is 11.7. The lowest BCUT2D eigenvalue weighted by molar-refractivity contribution is -0.122. The van der Waals surface area contributed by atoms with E-state index < -0.39 is 5.54 Å². The van der Waals surface area contributed by atoms with E-state index in [1.54, 1.807) is 0 Å². The third kappa shape index (κ3) is 3.23. The van der Waals surface area contributed by atoms with Crippen LogP contribution in [0.5, 0.6) is 0 Å². The lowest BCUT2D eigenvalue weighted by Gasteiger charge is -2.36. The molecule has 2 aliphatic carbocycles. The van der Waals surface area contributed by atoms with E-state index in [9.17, 15) is 4.79 Å². The van der Waals surface area contributed by atoms with Crippen molar-refractivity contribution in [2.24, 2.45) is 11.7 Å². The number of carbonyl (C=O) groups excluding carboxylic acids is 1. The third-order valence-corrected chi connectivity index (χ3v) is 4.57. The van der Waals surface area contributed by atoms with Gasteiger partial charge in [-0.25, -0.2) is 0 Å². The van der Waals surface area contributed by atoms with Crippen LogP contribution in [0.15, 0.2) is 11.6 Å². The quantitative estimate of drug-likeness (QED) is 0.810. The molecule has 18 heavy (non-hydrogen) atoms. The molecule has 1 fully saturated rings. The van der Waals surface area contributed by atoms with Crippen LogP contribution >= 0.6 is 0 Å². The van der Waals surface area contributed by atoms with Gasteiger partial charge in [-0.15, -0.1) is 0 Å². The van der Waals surface area contributed by atoms with Crippen molar-refractivity contribution in [2.75, 3.05) is 0 Å². The second-order valence-electron chi connectivity index (χ2n) is 6.37. The summed E-state index contributed by atoms with van der Waals surface area (Å²) >= 11 is 0. The van der Waals surface area contributed by atoms with Crippen LogP contribution in [-0.4, -0.2) is 11.3 Å². The van der Waals surface area contributed by atoms with Gasteiger partial charge in [0.25, 0.3) is 0 Å². The first kappa shape index (κ1) is 13.8. The number of nitrogens with two attached hydrogens (primary N) is 1. The first-order valence-corrected chi connectivity index (χ1v) is 7.64. The van der Waals surface area contributed by atoms with Gasteiger partial charge in [0.1, 0.15) is 0 Å². The Balaban J connectivity index is 2.08. The number of ketones is 1. The summed E-state index contributed by atoms with van der Waals surface area (Å²) in [7, 11) is 0. The average Bonchev–Trinajstić information content (AvgIpc) is 2.27. The lowest BCUT2D eigenvalue weighted by atomic mass is 9.72. The summed E-state index contributed by atoms with van der Waals surface area (Å²) in [5, 5.41) is 0. The molecular weight excluding hydrogens is 222 g/mol. The van der Waals surface area contributed by atoms with Gasteiger partial charge in [-0.1, -0.05) is 38.7 Å². The molecule has 0 amide bonds. The van der Waals surface area contributed by atoms with E-state index in [-0.39, 0.29) is 5.78 Å². The van der Waals surface area contributed by atoms with Crippen LogP contribution in [-0.2, 0) is 4.79 Å². The summed E-state index contributed by atoms with van der Waals surface area (Å²) in [6.45, 7) is 2.22. The second-order valence-corrected chi connectivity index (χ2v) is 6.37. The Hall–Kier alpha value is -0.630. The van der Waals surface area contributed by atoms with Crippen LogP contribution in [0, 0.1) is 5.92 Å². The highest BCUT2D eigenvalue weighted by Crippen LogP contribution is 2.34. The summed E-state index contributed by atoms with van der Waals surface area (Å²) < 4.78 is 0. The summed E-state index contributed by atoms with van der Waals surface area (Å²) in [5.74, 6) is 0.859. The molecule has 0 aromatic rings. The van der Waals surface area contributed by atoms with Crippen molar-refractivity contribution in [3.8, 4) is 0 Å². The zero-order valence-electron chi connectivity index (χ0n) is 11.7. The van der Waals surface area contributed by atoms with E-state index >= 15 is 0 Å². The topological polar surface area (TPSA) is 43.1 Å². The number of carbonyl (C=O) groups is 1. The minimum Gasteiger partial charge on any atom is -0.319 e. The summed E-state index contributed by atoms with van der Waals surface area (Å²) in [6, 6.07) is 0. The molecule has 2 nitrogen and oxygen atoms in total. The molecule has 0 bridgehead atoms. The van der Waals surface area contributed by atoms with Crippen LogP contribution in [0.1, 0.15) is 71.1 Å². The van der Waals surface area contributed by atoms with Crippen molar-refractivity contribution in [1.82, 2.24) is 0 Å². The average molecular weight is 249 g/mol. The Morgan fingerprint density at radius 3 is 2.83 bits per heavy atom. The third-order valence-electron chi connectivity index (χ3n) is 4.57. The Morgan fingerprint density at radius 2 is 2.06 bits per heavy atom. The predicted octanol–water partition coefficient (Wildman–Crippen LogP) is 3.74. The van der Waals surface area contributed by atoms with Gasteiger partial charge in [-0.2, -0.15) is 0 Å². The van der Waals surface area contributed by atoms with Gasteiger partial charge in [0.15, 0.2) is 5.78 Å². The highest BCUT2D eigenvalue weighted by molar-refractivity contribution is 6.02. The van der Waals surface area contributed by atoms with Gasteiger partial charge in [0, 0.05) is 0 Å². The van der Waals surface area contributed by atoms with Crippen molar-refractivity contribution in [3.63, 3.8) is 0 Å². The van der Waals surface area contributed by atoms with Crippen LogP contribution in [0.3, 0.4) is 0 Å². The van der Waals surface area contributed by atoms with E-state index in [0.717, 1.165) is 44.1 Å². The first-order valence-electron chi connectivity index (χ1n) is 7.64. The normalized spacial score (nSPS) is 34.3. The van der Waals surface area contributed by atoms with E-state index in [1.807, 2.05) is 0 Å². The smallest absolute Gasteiger partial charge is 0.178 e. The Morgan fingerprint density at radius 1 is 1.28 bits per heavy atom. The highest BCUT2D eigenvalue weighted by atomic mass is 16.1. The van der Waals surface area contributed by atoms with Crippen molar-refractivity contribution < 1.29 is 4.79 Å². The van der Waals surface area contributed by atoms with E-state index in [2.05, 4.69) is 13.0 Å². The fourth-order valence-electron chi connectivity index (χ4n) is 3.52. The monoisotopic (exact) mass is 249 g/mol. The molecule has 0 heterocycles. The second kappa shape index (κ2) is 6.01. The molecule has 0 aromatic heterocycles. The maximum atomic E-state index is 12.7. The van der Waals surface area contributed by atoms with Gasteiger partial charge in [-0.3, -0.25) is 4.79 Å². The van der Waals surface area contributed by atoms with Gasteiger partial charge < -0.3 is 5.73 Å². The number of hydrogen-bond acceptors (Lipinski definition) is 2. The molecule has 102 valence electrons. The standard InChI is InChI=1S/C16H27NO/c1-13-8-7-11-16(17,12-13)15(18)14-9-5-3-2-4-6-10-14/h9,13H,2-8,10-12,17H2,1H3. The molecule has 2 aliphatic rings. The van der Waals surface area contributed by atoms with Gasteiger partial charge in [0.2, 0.25) is 0 Å². The number of rotatable bonds is 2. The van der Waals surface area contributed by atoms with Gasteiger partial charge in [0.05, 0.1) is 5.54 Å². The molecule has 2 N–H and O–H groups in total. The Bertz CT molecular complexity index is 334. The fraction of sp³-hybridized carbons (Fsp3) is 0.812. The molecule has 2 heteroatoms. The van der Waals surface area contributed by atoms with E-state index in [4.69, 9.17) is 5.73 Å². The van der Waals surface area contributed by atoms with Gasteiger partial charge >= 0.3 is 0 Å². The Labute approximate surface area is 111 Å².